The molecule has 1 fully saturated rings. The van der Waals surface area contributed by atoms with Gasteiger partial charge < -0.3 is 10.2 Å². The van der Waals surface area contributed by atoms with E-state index in [9.17, 15) is 4.79 Å². The molecule has 15 heavy (non-hydrogen) atoms. The summed E-state index contributed by atoms with van der Waals surface area (Å²) in [5, 5.41) is 3.21. The number of halogens is 2. The molecular formula is C9H12Cl2N2OS. The van der Waals surface area contributed by atoms with Gasteiger partial charge in [0.05, 0.1) is 9.21 Å². The lowest BCUT2D eigenvalue weighted by atomic mass is 10.3. The second-order valence-electron chi connectivity index (χ2n) is 3.15. The van der Waals surface area contributed by atoms with Crippen molar-refractivity contribution in [1.29, 1.82) is 0 Å². The van der Waals surface area contributed by atoms with Crippen molar-refractivity contribution >= 4 is 41.3 Å². The molecule has 1 aliphatic rings. The Labute approximate surface area is 104 Å². The summed E-state index contributed by atoms with van der Waals surface area (Å²) in [5.74, 6) is 0.100. The minimum absolute atomic E-state index is 0. The van der Waals surface area contributed by atoms with Gasteiger partial charge in [0.15, 0.2) is 0 Å². The van der Waals surface area contributed by atoms with Crippen LogP contribution in [0.5, 0.6) is 0 Å². The van der Waals surface area contributed by atoms with E-state index in [1.54, 1.807) is 12.1 Å². The van der Waals surface area contributed by atoms with Crippen LogP contribution in [0, 0.1) is 0 Å². The van der Waals surface area contributed by atoms with Crippen LogP contribution in [0.15, 0.2) is 12.1 Å². The molecule has 0 aromatic carbocycles. The summed E-state index contributed by atoms with van der Waals surface area (Å²) in [7, 11) is 0. The van der Waals surface area contributed by atoms with Crippen LogP contribution >= 0.6 is 35.3 Å². The first-order chi connectivity index (χ1) is 6.77. The fourth-order valence-corrected chi connectivity index (χ4v) is 2.46. The van der Waals surface area contributed by atoms with Crippen LogP contribution in [-0.4, -0.2) is 37.0 Å². The Morgan fingerprint density at radius 3 is 2.60 bits per heavy atom. The first-order valence-corrected chi connectivity index (χ1v) is 5.72. The van der Waals surface area contributed by atoms with Gasteiger partial charge in [-0.1, -0.05) is 11.6 Å². The second kappa shape index (κ2) is 5.70. The number of carbonyl (C=O) groups is 1. The largest absolute Gasteiger partial charge is 0.335 e. The van der Waals surface area contributed by atoms with Crippen LogP contribution in [-0.2, 0) is 0 Å². The molecular weight excluding hydrogens is 255 g/mol. The van der Waals surface area contributed by atoms with E-state index in [2.05, 4.69) is 5.32 Å². The number of hydrogen-bond donors (Lipinski definition) is 1. The highest BCUT2D eigenvalue weighted by Crippen LogP contribution is 2.22. The van der Waals surface area contributed by atoms with Crippen molar-refractivity contribution in [2.75, 3.05) is 26.2 Å². The Morgan fingerprint density at radius 2 is 2.07 bits per heavy atom. The molecule has 0 aliphatic carbocycles. The van der Waals surface area contributed by atoms with Gasteiger partial charge in [0.25, 0.3) is 5.91 Å². The molecule has 1 saturated heterocycles. The van der Waals surface area contributed by atoms with Crippen molar-refractivity contribution in [2.24, 2.45) is 0 Å². The third kappa shape index (κ3) is 3.08. The molecule has 2 heterocycles. The average Bonchev–Trinajstić information content (AvgIpc) is 2.65. The number of rotatable bonds is 1. The smallest absolute Gasteiger partial charge is 0.264 e. The van der Waals surface area contributed by atoms with Crippen molar-refractivity contribution in [1.82, 2.24) is 10.2 Å². The highest BCUT2D eigenvalue weighted by atomic mass is 35.5. The molecule has 1 N–H and O–H groups in total. The molecule has 6 heteroatoms. The molecule has 0 atom stereocenters. The van der Waals surface area contributed by atoms with Crippen LogP contribution < -0.4 is 5.32 Å². The number of amides is 1. The molecule has 1 amide bonds. The van der Waals surface area contributed by atoms with E-state index < -0.39 is 0 Å². The minimum Gasteiger partial charge on any atom is -0.335 e. The third-order valence-electron chi connectivity index (χ3n) is 2.19. The number of hydrogen-bond acceptors (Lipinski definition) is 3. The normalized spacial score (nSPS) is 15.9. The summed E-state index contributed by atoms with van der Waals surface area (Å²) in [6.45, 7) is 3.33. The minimum atomic E-state index is 0. The summed E-state index contributed by atoms with van der Waals surface area (Å²) < 4.78 is 0.670. The average molecular weight is 267 g/mol. The summed E-state index contributed by atoms with van der Waals surface area (Å²) in [5.41, 5.74) is 0. The van der Waals surface area contributed by atoms with Gasteiger partial charge in [0.1, 0.15) is 0 Å². The van der Waals surface area contributed by atoms with Crippen molar-refractivity contribution < 1.29 is 4.79 Å². The molecule has 1 aromatic heterocycles. The SMILES string of the molecule is Cl.O=C(c1ccc(Cl)s1)N1CCNCC1. The number of nitrogens with zero attached hydrogens (tertiary/aromatic N) is 1. The lowest BCUT2D eigenvalue weighted by Gasteiger charge is -2.26. The molecule has 0 bridgehead atoms. The van der Waals surface area contributed by atoms with Gasteiger partial charge in [-0.25, -0.2) is 0 Å². The molecule has 2 rings (SSSR count). The molecule has 1 aliphatic heterocycles. The molecule has 0 spiro atoms. The lowest BCUT2D eigenvalue weighted by molar-refractivity contribution is 0.0740. The van der Waals surface area contributed by atoms with E-state index in [4.69, 9.17) is 11.6 Å². The van der Waals surface area contributed by atoms with Crippen LogP contribution in [0.25, 0.3) is 0 Å². The number of carbonyl (C=O) groups excluding carboxylic acids is 1. The number of nitrogens with one attached hydrogen (secondary N) is 1. The maximum Gasteiger partial charge on any atom is 0.264 e. The zero-order chi connectivity index (χ0) is 9.97. The van der Waals surface area contributed by atoms with Crippen molar-refractivity contribution in [2.45, 2.75) is 0 Å². The van der Waals surface area contributed by atoms with Gasteiger partial charge >= 0.3 is 0 Å². The first kappa shape index (κ1) is 12.8. The van der Waals surface area contributed by atoms with Crippen LogP contribution in [0.3, 0.4) is 0 Å². The Hall–Kier alpha value is -0.290. The lowest BCUT2D eigenvalue weighted by Crippen LogP contribution is -2.46. The zero-order valence-corrected chi connectivity index (χ0v) is 10.4. The van der Waals surface area contributed by atoms with E-state index in [0.717, 1.165) is 31.1 Å². The quantitative estimate of drug-likeness (QED) is 0.842. The Bertz CT molecular complexity index is 337. The van der Waals surface area contributed by atoms with Crippen LogP contribution in [0.2, 0.25) is 4.34 Å². The van der Waals surface area contributed by atoms with Crippen LogP contribution in [0.1, 0.15) is 9.67 Å². The summed E-state index contributed by atoms with van der Waals surface area (Å²) in [4.78, 5) is 14.5. The highest BCUT2D eigenvalue weighted by Gasteiger charge is 2.18. The summed E-state index contributed by atoms with van der Waals surface area (Å²) >= 11 is 7.12. The molecule has 0 radical (unpaired) electrons. The Morgan fingerprint density at radius 1 is 1.40 bits per heavy atom. The van der Waals surface area contributed by atoms with E-state index in [0.29, 0.717) is 4.34 Å². The van der Waals surface area contributed by atoms with E-state index in [-0.39, 0.29) is 18.3 Å². The summed E-state index contributed by atoms with van der Waals surface area (Å²) in [6.07, 6.45) is 0. The second-order valence-corrected chi connectivity index (χ2v) is 4.86. The third-order valence-corrected chi connectivity index (χ3v) is 3.41. The van der Waals surface area contributed by atoms with Crippen molar-refractivity contribution in [3.8, 4) is 0 Å². The van der Waals surface area contributed by atoms with Gasteiger partial charge in [0, 0.05) is 26.2 Å². The molecule has 1 aromatic rings. The molecule has 84 valence electrons. The maximum atomic E-state index is 11.9. The first-order valence-electron chi connectivity index (χ1n) is 4.53. The van der Waals surface area contributed by atoms with Gasteiger partial charge in [-0.3, -0.25) is 4.79 Å². The fraction of sp³-hybridized carbons (Fsp3) is 0.444. The maximum absolute atomic E-state index is 11.9. The van der Waals surface area contributed by atoms with Crippen molar-refractivity contribution in [3.05, 3.63) is 21.3 Å². The Balaban J connectivity index is 0.00000112. The van der Waals surface area contributed by atoms with E-state index in [1.165, 1.54) is 11.3 Å². The van der Waals surface area contributed by atoms with Gasteiger partial charge in [0.2, 0.25) is 0 Å². The molecule has 0 unspecified atom stereocenters. The van der Waals surface area contributed by atoms with Gasteiger partial charge in [-0.2, -0.15) is 0 Å². The predicted octanol–water partition coefficient (Wildman–Crippen LogP) is 1.87. The standard InChI is InChI=1S/C9H11ClN2OS.ClH/c10-8-2-1-7(14-8)9(13)12-5-3-11-4-6-12;/h1-2,11H,3-6H2;1H. The van der Waals surface area contributed by atoms with Crippen molar-refractivity contribution in [3.63, 3.8) is 0 Å². The van der Waals surface area contributed by atoms with Gasteiger partial charge in [-0.05, 0) is 12.1 Å². The number of piperazine rings is 1. The summed E-state index contributed by atoms with van der Waals surface area (Å²) in [6, 6.07) is 3.55. The predicted molar refractivity (Wildman–Crippen MR) is 65.4 cm³/mol. The monoisotopic (exact) mass is 266 g/mol. The van der Waals surface area contributed by atoms with E-state index in [1.807, 2.05) is 4.90 Å². The Kier molecular flexibility index (Phi) is 4.86. The molecule has 0 saturated carbocycles. The zero-order valence-electron chi connectivity index (χ0n) is 8.03. The number of thiophene rings is 1. The van der Waals surface area contributed by atoms with Crippen LogP contribution in [0.4, 0.5) is 0 Å². The molecule has 3 nitrogen and oxygen atoms in total. The highest BCUT2D eigenvalue weighted by molar-refractivity contribution is 7.17. The fourth-order valence-electron chi connectivity index (χ4n) is 1.45. The van der Waals surface area contributed by atoms with E-state index >= 15 is 0 Å². The van der Waals surface area contributed by atoms with Gasteiger partial charge in [-0.15, -0.1) is 23.7 Å². The topological polar surface area (TPSA) is 32.3 Å².